The number of halogens is 2. The van der Waals surface area contributed by atoms with E-state index in [4.69, 9.17) is 0 Å². The summed E-state index contributed by atoms with van der Waals surface area (Å²) in [6.07, 6.45) is 0. The summed E-state index contributed by atoms with van der Waals surface area (Å²) in [5.41, 5.74) is 0.627. The lowest BCUT2D eigenvalue weighted by atomic mass is 10.1. The van der Waals surface area contributed by atoms with Crippen LogP contribution in [0.15, 0.2) is 18.2 Å². The van der Waals surface area contributed by atoms with Gasteiger partial charge in [-0.1, -0.05) is 35.0 Å². The first-order chi connectivity index (χ1) is 7.43. The molecule has 1 rings (SSSR count). The van der Waals surface area contributed by atoms with Crippen LogP contribution in [0.3, 0.4) is 0 Å². The van der Waals surface area contributed by atoms with E-state index in [2.05, 4.69) is 15.9 Å². The van der Waals surface area contributed by atoms with Gasteiger partial charge in [-0.25, -0.2) is 4.39 Å². The second-order valence-corrected chi connectivity index (χ2v) is 5.47. The average molecular weight is 288 g/mol. The SMILES string of the molecule is Cc1cccc(C(=O)N(C)CC(C)Br)c1F. The number of alkyl halides is 1. The average Bonchev–Trinajstić information content (AvgIpc) is 2.20. The molecule has 0 spiro atoms. The van der Waals surface area contributed by atoms with Crippen LogP contribution in [0.5, 0.6) is 0 Å². The maximum Gasteiger partial charge on any atom is 0.256 e. The smallest absolute Gasteiger partial charge is 0.256 e. The Morgan fingerprint density at radius 1 is 1.56 bits per heavy atom. The van der Waals surface area contributed by atoms with Gasteiger partial charge in [0.1, 0.15) is 5.82 Å². The third-order valence-corrected chi connectivity index (χ3v) is 2.58. The minimum atomic E-state index is -0.429. The van der Waals surface area contributed by atoms with Crippen LogP contribution < -0.4 is 0 Å². The van der Waals surface area contributed by atoms with Crippen molar-refractivity contribution in [2.75, 3.05) is 13.6 Å². The second kappa shape index (κ2) is 5.43. The Morgan fingerprint density at radius 3 is 2.75 bits per heavy atom. The molecule has 1 amide bonds. The summed E-state index contributed by atoms with van der Waals surface area (Å²) in [4.78, 5) is 13.6. The molecule has 0 heterocycles. The fraction of sp³-hybridized carbons (Fsp3) is 0.417. The minimum Gasteiger partial charge on any atom is -0.341 e. The molecule has 0 aromatic heterocycles. The number of nitrogens with zero attached hydrogens (tertiary/aromatic N) is 1. The molecule has 0 fully saturated rings. The monoisotopic (exact) mass is 287 g/mol. The van der Waals surface area contributed by atoms with Gasteiger partial charge in [0.15, 0.2) is 0 Å². The van der Waals surface area contributed by atoms with Crippen LogP contribution in [0.4, 0.5) is 4.39 Å². The summed E-state index contributed by atoms with van der Waals surface area (Å²) in [5, 5.41) is 0. The van der Waals surface area contributed by atoms with Crippen LogP contribution in [0, 0.1) is 12.7 Å². The Bertz CT molecular complexity index is 393. The second-order valence-electron chi connectivity index (χ2n) is 3.90. The van der Waals surface area contributed by atoms with Gasteiger partial charge in [0, 0.05) is 18.4 Å². The van der Waals surface area contributed by atoms with Gasteiger partial charge < -0.3 is 4.90 Å². The van der Waals surface area contributed by atoms with Gasteiger partial charge in [0.2, 0.25) is 0 Å². The minimum absolute atomic E-state index is 0.135. The molecule has 0 saturated heterocycles. The Labute approximate surface area is 104 Å². The number of hydrogen-bond donors (Lipinski definition) is 0. The van der Waals surface area contributed by atoms with Crippen molar-refractivity contribution < 1.29 is 9.18 Å². The summed E-state index contributed by atoms with van der Waals surface area (Å²) < 4.78 is 13.7. The number of aryl methyl sites for hydroxylation is 1. The quantitative estimate of drug-likeness (QED) is 0.783. The van der Waals surface area contributed by atoms with Crippen molar-refractivity contribution in [3.05, 3.63) is 35.1 Å². The van der Waals surface area contributed by atoms with Gasteiger partial charge in [0.25, 0.3) is 5.91 Å². The standard InChI is InChI=1S/C12H15BrFNO/c1-8-5-4-6-10(11(8)14)12(16)15(3)7-9(2)13/h4-6,9H,7H2,1-3H3. The summed E-state index contributed by atoms with van der Waals surface area (Å²) in [7, 11) is 1.67. The molecule has 0 radical (unpaired) electrons. The van der Waals surface area contributed by atoms with Crippen LogP contribution in [0.2, 0.25) is 0 Å². The van der Waals surface area contributed by atoms with Crippen molar-refractivity contribution in [2.24, 2.45) is 0 Å². The van der Waals surface area contributed by atoms with E-state index in [1.54, 1.807) is 26.1 Å². The summed E-state index contributed by atoms with van der Waals surface area (Å²) >= 11 is 3.36. The fourth-order valence-corrected chi connectivity index (χ4v) is 1.91. The highest BCUT2D eigenvalue weighted by molar-refractivity contribution is 9.09. The molecule has 0 aliphatic carbocycles. The van der Waals surface area contributed by atoms with Crippen molar-refractivity contribution >= 4 is 21.8 Å². The number of carbonyl (C=O) groups is 1. The summed E-state index contributed by atoms with van der Waals surface area (Å²) in [6, 6.07) is 4.86. The van der Waals surface area contributed by atoms with Crippen LogP contribution >= 0.6 is 15.9 Å². The maximum atomic E-state index is 13.7. The predicted molar refractivity (Wildman–Crippen MR) is 66.5 cm³/mol. The van der Waals surface area contributed by atoms with Crippen molar-refractivity contribution in [2.45, 2.75) is 18.7 Å². The first-order valence-electron chi connectivity index (χ1n) is 5.08. The zero-order valence-corrected chi connectivity index (χ0v) is 11.2. The largest absolute Gasteiger partial charge is 0.341 e. The van der Waals surface area contributed by atoms with E-state index in [0.717, 1.165) is 0 Å². The normalized spacial score (nSPS) is 12.3. The molecule has 1 aromatic rings. The Hall–Kier alpha value is -0.900. The third kappa shape index (κ3) is 3.04. The molecule has 4 heteroatoms. The van der Waals surface area contributed by atoms with E-state index >= 15 is 0 Å². The zero-order chi connectivity index (χ0) is 12.3. The number of amides is 1. The lowest BCUT2D eigenvalue weighted by Crippen LogP contribution is -2.31. The van der Waals surface area contributed by atoms with Crippen LogP contribution in [-0.2, 0) is 0 Å². The van der Waals surface area contributed by atoms with E-state index in [9.17, 15) is 9.18 Å². The van der Waals surface area contributed by atoms with Crippen LogP contribution in [-0.4, -0.2) is 29.2 Å². The molecule has 0 N–H and O–H groups in total. The molecular formula is C12H15BrFNO. The van der Waals surface area contributed by atoms with E-state index in [1.807, 2.05) is 6.92 Å². The molecule has 16 heavy (non-hydrogen) atoms. The number of rotatable bonds is 3. The highest BCUT2D eigenvalue weighted by atomic mass is 79.9. The van der Waals surface area contributed by atoms with Crippen molar-refractivity contribution in [3.63, 3.8) is 0 Å². The topological polar surface area (TPSA) is 20.3 Å². The Kier molecular flexibility index (Phi) is 4.47. The molecule has 0 bridgehead atoms. The van der Waals surface area contributed by atoms with E-state index in [0.29, 0.717) is 12.1 Å². The van der Waals surface area contributed by atoms with Gasteiger partial charge in [0.05, 0.1) is 5.56 Å². The van der Waals surface area contributed by atoms with Crippen molar-refractivity contribution in [3.8, 4) is 0 Å². The third-order valence-electron chi connectivity index (χ3n) is 2.29. The number of carbonyl (C=O) groups excluding carboxylic acids is 1. The van der Waals surface area contributed by atoms with E-state index < -0.39 is 5.82 Å². The van der Waals surface area contributed by atoms with Gasteiger partial charge in [-0.3, -0.25) is 4.79 Å². The highest BCUT2D eigenvalue weighted by Gasteiger charge is 2.17. The first kappa shape index (κ1) is 13.2. The first-order valence-corrected chi connectivity index (χ1v) is 5.99. The lowest BCUT2D eigenvalue weighted by Gasteiger charge is -2.19. The summed E-state index contributed by atoms with van der Waals surface area (Å²) in [6.45, 7) is 4.14. The number of hydrogen-bond acceptors (Lipinski definition) is 1. The summed E-state index contributed by atoms with van der Waals surface area (Å²) in [5.74, 6) is -0.714. The lowest BCUT2D eigenvalue weighted by molar-refractivity contribution is 0.0792. The van der Waals surface area contributed by atoms with E-state index in [1.165, 1.54) is 11.0 Å². The molecule has 0 saturated carbocycles. The molecule has 2 nitrogen and oxygen atoms in total. The molecule has 1 atom stereocenters. The van der Waals surface area contributed by atoms with Gasteiger partial charge in [-0.05, 0) is 18.6 Å². The molecule has 88 valence electrons. The van der Waals surface area contributed by atoms with E-state index in [-0.39, 0.29) is 16.3 Å². The predicted octanol–water partition coefficient (Wildman–Crippen LogP) is 2.99. The highest BCUT2D eigenvalue weighted by Crippen LogP contribution is 2.14. The Morgan fingerprint density at radius 2 is 2.19 bits per heavy atom. The molecule has 0 aliphatic heterocycles. The van der Waals surface area contributed by atoms with Gasteiger partial charge in [-0.2, -0.15) is 0 Å². The maximum absolute atomic E-state index is 13.7. The number of benzene rings is 1. The van der Waals surface area contributed by atoms with Crippen molar-refractivity contribution in [1.82, 2.24) is 4.90 Å². The molecule has 1 unspecified atom stereocenters. The zero-order valence-electron chi connectivity index (χ0n) is 9.63. The van der Waals surface area contributed by atoms with Crippen LogP contribution in [0.1, 0.15) is 22.8 Å². The molecular weight excluding hydrogens is 273 g/mol. The van der Waals surface area contributed by atoms with Crippen molar-refractivity contribution in [1.29, 1.82) is 0 Å². The van der Waals surface area contributed by atoms with Crippen LogP contribution in [0.25, 0.3) is 0 Å². The molecule has 0 aliphatic rings. The fourth-order valence-electron chi connectivity index (χ4n) is 1.48. The Balaban J connectivity index is 2.92. The van der Waals surface area contributed by atoms with Gasteiger partial charge >= 0.3 is 0 Å². The molecule has 1 aromatic carbocycles. The van der Waals surface area contributed by atoms with Gasteiger partial charge in [-0.15, -0.1) is 0 Å².